The SMILES string of the molecule is CSCC[C@@H](N)C(=O)N1CCCC1C(=O)O. The highest BCUT2D eigenvalue weighted by Crippen LogP contribution is 2.18. The van der Waals surface area contributed by atoms with Crippen LogP contribution < -0.4 is 5.73 Å². The van der Waals surface area contributed by atoms with E-state index in [1.165, 1.54) is 4.90 Å². The molecule has 1 rings (SSSR count). The molecule has 0 bridgehead atoms. The highest BCUT2D eigenvalue weighted by molar-refractivity contribution is 7.98. The van der Waals surface area contributed by atoms with E-state index in [0.29, 0.717) is 19.4 Å². The predicted molar refractivity (Wildman–Crippen MR) is 63.3 cm³/mol. The average molecular weight is 246 g/mol. The molecule has 0 spiro atoms. The minimum Gasteiger partial charge on any atom is -0.480 e. The molecule has 1 aliphatic rings. The number of carboxylic acids is 1. The van der Waals surface area contributed by atoms with Gasteiger partial charge in [-0.05, 0) is 31.3 Å². The summed E-state index contributed by atoms with van der Waals surface area (Å²) in [7, 11) is 0. The summed E-state index contributed by atoms with van der Waals surface area (Å²) in [5.74, 6) is -0.333. The molecule has 1 saturated heterocycles. The summed E-state index contributed by atoms with van der Waals surface area (Å²) in [5.41, 5.74) is 5.75. The van der Waals surface area contributed by atoms with Gasteiger partial charge in [0.15, 0.2) is 0 Å². The summed E-state index contributed by atoms with van der Waals surface area (Å²) in [6.07, 6.45) is 3.84. The molecule has 1 amide bonds. The van der Waals surface area contributed by atoms with Crippen LogP contribution in [0, 0.1) is 0 Å². The van der Waals surface area contributed by atoms with Crippen molar-refractivity contribution < 1.29 is 14.7 Å². The lowest BCUT2D eigenvalue weighted by atomic mass is 10.2. The van der Waals surface area contributed by atoms with Crippen LogP contribution >= 0.6 is 11.8 Å². The third-order valence-corrected chi connectivity index (χ3v) is 3.42. The maximum atomic E-state index is 11.9. The molecule has 0 aromatic rings. The predicted octanol–water partition coefficient (Wildman–Crippen LogP) is 0.142. The monoisotopic (exact) mass is 246 g/mol. The largest absolute Gasteiger partial charge is 0.480 e. The maximum absolute atomic E-state index is 11.9. The average Bonchev–Trinajstić information content (AvgIpc) is 2.73. The number of likely N-dealkylation sites (tertiary alicyclic amines) is 1. The fraction of sp³-hybridized carbons (Fsp3) is 0.800. The van der Waals surface area contributed by atoms with Gasteiger partial charge in [0, 0.05) is 6.54 Å². The van der Waals surface area contributed by atoms with Gasteiger partial charge in [0.05, 0.1) is 6.04 Å². The maximum Gasteiger partial charge on any atom is 0.326 e. The van der Waals surface area contributed by atoms with E-state index in [0.717, 1.165) is 12.2 Å². The molecule has 2 atom stereocenters. The lowest BCUT2D eigenvalue weighted by Gasteiger charge is -2.24. The first-order valence-corrected chi connectivity index (χ1v) is 6.75. The second kappa shape index (κ2) is 6.10. The number of thioether (sulfide) groups is 1. The van der Waals surface area contributed by atoms with Crippen molar-refractivity contribution in [3.05, 3.63) is 0 Å². The molecule has 0 aromatic carbocycles. The standard InChI is InChI=1S/C10H18N2O3S/c1-16-6-4-7(11)9(13)12-5-2-3-8(12)10(14)15/h7-8H,2-6,11H2,1H3,(H,14,15)/t7-,8?/m1/s1. The number of carbonyl (C=O) groups excluding carboxylic acids is 1. The van der Waals surface area contributed by atoms with Crippen LogP contribution in [-0.2, 0) is 9.59 Å². The van der Waals surface area contributed by atoms with E-state index in [1.807, 2.05) is 6.26 Å². The fourth-order valence-electron chi connectivity index (χ4n) is 1.87. The van der Waals surface area contributed by atoms with Crippen LogP contribution in [0.15, 0.2) is 0 Å². The van der Waals surface area contributed by atoms with Crippen LogP contribution in [-0.4, -0.2) is 52.5 Å². The van der Waals surface area contributed by atoms with Gasteiger partial charge in [0.2, 0.25) is 5.91 Å². The number of nitrogens with two attached hydrogens (primary N) is 1. The van der Waals surface area contributed by atoms with Gasteiger partial charge in [-0.2, -0.15) is 11.8 Å². The number of aliphatic carboxylic acids is 1. The number of hydrogen-bond acceptors (Lipinski definition) is 4. The van der Waals surface area contributed by atoms with Gasteiger partial charge in [0.1, 0.15) is 6.04 Å². The van der Waals surface area contributed by atoms with E-state index in [-0.39, 0.29) is 5.91 Å². The van der Waals surface area contributed by atoms with Crippen molar-refractivity contribution in [3.8, 4) is 0 Å². The van der Waals surface area contributed by atoms with E-state index >= 15 is 0 Å². The summed E-state index contributed by atoms with van der Waals surface area (Å²) in [6.45, 7) is 0.517. The number of hydrogen-bond donors (Lipinski definition) is 2. The third-order valence-electron chi connectivity index (χ3n) is 2.77. The molecule has 16 heavy (non-hydrogen) atoms. The molecule has 1 aliphatic heterocycles. The zero-order chi connectivity index (χ0) is 12.1. The van der Waals surface area contributed by atoms with Gasteiger partial charge in [-0.25, -0.2) is 4.79 Å². The summed E-state index contributed by atoms with van der Waals surface area (Å²) >= 11 is 1.63. The van der Waals surface area contributed by atoms with Gasteiger partial charge in [-0.3, -0.25) is 4.79 Å². The van der Waals surface area contributed by atoms with Gasteiger partial charge in [-0.15, -0.1) is 0 Å². The molecule has 0 aliphatic carbocycles. The molecular formula is C10H18N2O3S. The Morgan fingerprint density at radius 2 is 2.31 bits per heavy atom. The van der Waals surface area contributed by atoms with E-state index in [1.54, 1.807) is 11.8 Å². The van der Waals surface area contributed by atoms with E-state index in [2.05, 4.69) is 0 Å². The Morgan fingerprint density at radius 1 is 1.62 bits per heavy atom. The van der Waals surface area contributed by atoms with Crippen molar-refractivity contribution in [2.45, 2.75) is 31.3 Å². The topological polar surface area (TPSA) is 83.6 Å². The second-order valence-electron chi connectivity index (χ2n) is 3.92. The van der Waals surface area contributed by atoms with Gasteiger partial charge in [-0.1, -0.05) is 0 Å². The first-order valence-electron chi connectivity index (χ1n) is 5.35. The van der Waals surface area contributed by atoms with Crippen LogP contribution in [0.25, 0.3) is 0 Å². The van der Waals surface area contributed by atoms with Crippen LogP contribution in [0.5, 0.6) is 0 Å². The lowest BCUT2D eigenvalue weighted by Crippen LogP contribution is -2.48. The highest BCUT2D eigenvalue weighted by atomic mass is 32.2. The Morgan fingerprint density at radius 3 is 2.88 bits per heavy atom. The van der Waals surface area contributed by atoms with Crippen molar-refractivity contribution in [1.29, 1.82) is 0 Å². The van der Waals surface area contributed by atoms with Crippen LogP contribution in [0.4, 0.5) is 0 Å². The summed E-state index contributed by atoms with van der Waals surface area (Å²) in [4.78, 5) is 24.2. The number of carbonyl (C=O) groups is 2. The molecule has 3 N–H and O–H groups in total. The van der Waals surface area contributed by atoms with Crippen molar-refractivity contribution in [1.82, 2.24) is 4.90 Å². The van der Waals surface area contributed by atoms with Crippen LogP contribution in [0.2, 0.25) is 0 Å². The number of nitrogens with zero attached hydrogens (tertiary/aromatic N) is 1. The number of amides is 1. The molecular weight excluding hydrogens is 228 g/mol. The third kappa shape index (κ3) is 3.12. The number of carboxylic acid groups (broad SMARTS) is 1. The Kier molecular flexibility index (Phi) is 5.08. The Hall–Kier alpha value is -0.750. The van der Waals surface area contributed by atoms with E-state index in [4.69, 9.17) is 10.8 Å². The van der Waals surface area contributed by atoms with E-state index in [9.17, 15) is 9.59 Å². The lowest BCUT2D eigenvalue weighted by molar-refractivity contribution is -0.148. The quantitative estimate of drug-likeness (QED) is 0.721. The van der Waals surface area contributed by atoms with Crippen molar-refractivity contribution >= 4 is 23.6 Å². The van der Waals surface area contributed by atoms with Crippen molar-refractivity contribution in [2.75, 3.05) is 18.6 Å². The molecule has 92 valence electrons. The first kappa shape index (κ1) is 13.3. The Labute approximate surface area is 99.4 Å². The summed E-state index contributed by atoms with van der Waals surface area (Å²) < 4.78 is 0. The zero-order valence-corrected chi connectivity index (χ0v) is 10.2. The molecule has 0 aromatic heterocycles. The van der Waals surface area contributed by atoms with Crippen molar-refractivity contribution in [3.63, 3.8) is 0 Å². The first-order chi connectivity index (χ1) is 7.57. The highest BCUT2D eigenvalue weighted by Gasteiger charge is 2.35. The molecule has 0 saturated carbocycles. The Balaban J connectivity index is 2.55. The van der Waals surface area contributed by atoms with Gasteiger partial charge in [0.25, 0.3) is 0 Å². The summed E-state index contributed by atoms with van der Waals surface area (Å²) in [6, 6.07) is -1.24. The Bertz CT molecular complexity index is 273. The number of rotatable bonds is 5. The smallest absolute Gasteiger partial charge is 0.326 e. The van der Waals surface area contributed by atoms with Crippen molar-refractivity contribution in [2.24, 2.45) is 5.73 Å². The molecule has 1 heterocycles. The molecule has 0 radical (unpaired) electrons. The van der Waals surface area contributed by atoms with Gasteiger partial charge >= 0.3 is 5.97 Å². The van der Waals surface area contributed by atoms with Crippen LogP contribution in [0.3, 0.4) is 0 Å². The molecule has 6 heteroatoms. The fourth-order valence-corrected chi connectivity index (χ4v) is 2.36. The van der Waals surface area contributed by atoms with Gasteiger partial charge < -0.3 is 15.7 Å². The summed E-state index contributed by atoms with van der Waals surface area (Å²) in [5, 5.41) is 8.95. The van der Waals surface area contributed by atoms with E-state index < -0.39 is 18.1 Å². The second-order valence-corrected chi connectivity index (χ2v) is 4.90. The minimum atomic E-state index is -0.928. The molecule has 1 unspecified atom stereocenters. The van der Waals surface area contributed by atoms with Crippen LogP contribution in [0.1, 0.15) is 19.3 Å². The molecule has 1 fully saturated rings. The zero-order valence-electron chi connectivity index (χ0n) is 9.39. The minimum absolute atomic E-state index is 0.223. The normalized spacial score (nSPS) is 22.1. The molecule has 5 nitrogen and oxygen atoms in total.